The van der Waals surface area contributed by atoms with Crippen LogP contribution in [-0.4, -0.2) is 14.8 Å². The molecule has 1 aromatic carbocycles. The normalized spacial score (nSPS) is 10.6. The molecule has 0 radical (unpaired) electrons. The predicted molar refractivity (Wildman–Crippen MR) is 59.1 cm³/mol. The van der Waals surface area contributed by atoms with E-state index in [0.717, 1.165) is 22.8 Å². The van der Waals surface area contributed by atoms with Crippen LogP contribution in [0.2, 0.25) is 0 Å². The Hall–Kier alpha value is -1.68. The third-order valence-corrected chi connectivity index (χ3v) is 2.54. The average molecular weight is 202 g/mol. The van der Waals surface area contributed by atoms with Crippen molar-refractivity contribution in [3.05, 3.63) is 35.7 Å². The van der Waals surface area contributed by atoms with Crippen LogP contribution in [-0.2, 0) is 13.6 Å². The van der Waals surface area contributed by atoms with Crippen LogP contribution in [0.25, 0.3) is 11.4 Å². The van der Waals surface area contributed by atoms with Crippen LogP contribution in [0, 0.1) is 6.92 Å². The first kappa shape index (κ1) is 9.86. The van der Waals surface area contributed by atoms with Gasteiger partial charge >= 0.3 is 0 Å². The maximum Gasteiger partial charge on any atom is 0.163 e. The van der Waals surface area contributed by atoms with Gasteiger partial charge in [0.15, 0.2) is 5.82 Å². The van der Waals surface area contributed by atoms with Gasteiger partial charge in [-0.1, -0.05) is 24.3 Å². The van der Waals surface area contributed by atoms with E-state index in [9.17, 15) is 0 Å². The number of hydrogen-bond donors (Lipinski definition) is 1. The molecule has 0 saturated carbocycles. The lowest BCUT2D eigenvalue weighted by molar-refractivity contribution is 0.865. The SMILES string of the molecule is Cc1nnc(-c2ccc(CN)cc2)n1C. The lowest BCUT2D eigenvalue weighted by Crippen LogP contribution is -1.97. The Morgan fingerprint density at radius 2 is 1.87 bits per heavy atom. The van der Waals surface area contributed by atoms with E-state index >= 15 is 0 Å². The van der Waals surface area contributed by atoms with Gasteiger partial charge in [0.05, 0.1) is 0 Å². The van der Waals surface area contributed by atoms with Crippen LogP contribution >= 0.6 is 0 Å². The van der Waals surface area contributed by atoms with E-state index in [4.69, 9.17) is 5.73 Å². The van der Waals surface area contributed by atoms with Crippen molar-refractivity contribution in [1.82, 2.24) is 14.8 Å². The van der Waals surface area contributed by atoms with Crippen LogP contribution in [0.1, 0.15) is 11.4 Å². The second-order valence-corrected chi connectivity index (χ2v) is 3.53. The van der Waals surface area contributed by atoms with Gasteiger partial charge in [-0.3, -0.25) is 0 Å². The minimum absolute atomic E-state index is 0.568. The number of aryl methyl sites for hydroxylation is 1. The Bertz CT molecular complexity index is 456. The fraction of sp³-hybridized carbons (Fsp3) is 0.273. The second kappa shape index (κ2) is 3.82. The quantitative estimate of drug-likeness (QED) is 0.797. The zero-order valence-electron chi connectivity index (χ0n) is 8.94. The molecule has 15 heavy (non-hydrogen) atoms. The summed E-state index contributed by atoms with van der Waals surface area (Å²) in [5.41, 5.74) is 7.73. The molecule has 0 fully saturated rings. The molecule has 0 aliphatic rings. The first-order chi connectivity index (χ1) is 7.22. The smallest absolute Gasteiger partial charge is 0.163 e. The molecule has 0 bridgehead atoms. The van der Waals surface area contributed by atoms with Crippen LogP contribution < -0.4 is 5.73 Å². The van der Waals surface area contributed by atoms with Crippen molar-refractivity contribution in [3.63, 3.8) is 0 Å². The molecule has 2 aromatic rings. The van der Waals surface area contributed by atoms with Crippen molar-refractivity contribution in [2.75, 3.05) is 0 Å². The number of hydrogen-bond acceptors (Lipinski definition) is 3. The van der Waals surface area contributed by atoms with Crippen molar-refractivity contribution in [2.24, 2.45) is 12.8 Å². The molecular formula is C11H14N4. The highest BCUT2D eigenvalue weighted by molar-refractivity contribution is 5.55. The molecule has 0 unspecified atom stereocenters. The fourth-order valence-electron chi connectivity index (χ4n) is 1.45. The van der Waals surface area contributed by atoms with Crippen molar-refractivity contribution in [1.29, 1.82) is 0 Å². The molecule has 0 aliphatic heterocycles. The highest BCUT2D eigenvalue weighted by Gasteiger charge is 2.06. The summed E-state index contributed by atoms with van der Waals surface area (Å²) in [7, 11) is 1.96. The summed E-state index contributed by atoms with van der Waals surface area (Å²) in [4.78, 5) is 0. The van der Waals surface area contributed by atoms with Crippen molar-refractivity contribution in [3.8, 4) is 11.4 Å². The number of nitrogens with two attached hydrogens (primary N) is 1. The van der Waals surface area contributed by atoms with Gasteiger partial charge in [-0.25, -0.2) is 0 Å². The molecule has 0 saturated heterocycles. The van der Waals surface area contributed by atoms with E-state index in [-0.39, 0.29) is 0 Å². The number of benzene rings is 1. The van der Waals surface area contributed by atoms with Gasteiger partial charge in [0, 0.05) is 19.2 Å². The minimum Gasteiger partial charge on any atom is -0.326 e. The van der Waals surface area contributed by atoms with Crippen LogP contribution in [0.15, 0.2) is 24.3 Å². The topological polar surface area (TPSA) is 56.7 Å². The lowest BCUT2D eigenvalue weighted by Gasteiger charge is -2.02. The van der Waals surface area contributed by atoms with E-state index in [2.05, 4.69) is 10.2 Å². The minimum atomic E-state index is 0.568. The summed E-state index contributed by atoms with van der Waals surface area (Å²) in [6, 6.07) is 8.07. The average Bonchev–Trinajstić information content (AvgIpc) is 2.60. The van der Waals surface area contributed by atoms with Crippen LogP contribution in [0.3, 0.4) is 0 Å². The van der Waals surface area contributed by atoms with Gasteiger partial charge in [-0.15, -0.1) is 10.2 Å². The standard InChI is InChI=1S/C11H14N4/c1-8-13-14-11(15(8)2)10-5-3-9(7-12)4-6-10/h3-6H,7,12H2,1-2H3. The molecule has 1 heterocycles. The largest absolute Gasteiger partial charge is 0.326 e. The van der Waals surface area contributed by atoms with E-state index in [1.165, 1.54) is 0 Å². The third kappa shape index (κ3) is 1.76. The molecule has 1 aromatic heterocycles. The summed E-state index contributed by atoms with van der Waals surface area (Å²) in [5, 5.41) is 8.15. The number of rotatable bonds is 2. The molecule has 0 atom stereocenters. The van der Waals surface area contributed by atoms with E-state index < -0.39 is 0 Å². The summed E-state index contributed by atoms with van der Waals surface area (Å²) in [6.07, 6.45) is 0. The van der Waals surface area contributed by atoms with E-state index in [1.807, 2.05) is 42.8 Å². The van der Waals surface area contributed by atoms with Gasteiger partial charge in [0.1, 0.15) is 5.82 Å². The Balaban J connectivity index is 2.41. The highest BCUT2D eigenvalue weighted by Crippen LogP contribution is 2.17. The maximum absolute atomic E-state index is 5.54. The molecule has 0 spiro atoms. The number of aromatic nitrogens is 3. The van der Waals surface area contributed by atoms with Gasteiger partial charge in [-0.05, 0) is 12.5 Å². The molecule has 0 amide bonds. The van der Waals surface area contributed by atoms with Crippen LogP contribution in [0.4, 0.5) is 0 Å². The Morgan fingerprint density at radius 3 is 2.33 bits per heavy atom. The van der Waals surface area contributed by atoms with Gasteiger partial charge < -0.3 is 10.3 Å². The zero-order valence-corrected chi connectivity index (χ0v) is 8.94. The first-order valence-electron chi connectivity index (χ1n) is 4.87. The Labute approximate surface area is 88.8 Å². The maximum atomic E-state index is 5.54. The van der Waals surface area contributed by atoms with E-state index in [1.54, 1.807) is 0 Å². The zero-order chi connectivity index (χ0) is 10.8. The lowest BCUT2D eigenvalue weighted by atomic mass is 10.1. The Kier molecular flexibility index (Phi) is 2.51. The van der Waals surface area contributed by atoms with Crippen molar-refractivity contribution < 1.29 is 0 Å². The predicted octanol–water partition coefficient (Wildman–Crippen LogP) is 1.25. The highest BCUT2D eigenvalue weighted by atomic mass is 15.3. The second-order valence-electron chi connectivity index (χ2n) is 3.53. The van der Waals surface area contributed by atoms with Crippen LogP contribution in [0.5, 0.6) is 0 Å². The van der Waals surface area contributed by atoms with Gasteiger partial charge in [-0.2, -0.15) is 0 Å². The monoisotopic (exact) mass is 202 g/mol. The molecule has 2 N–H and O–H groups in total. The molecule has 4 heteroatoms. The molecular weight excluding hydrogens is 188 g/mol. The van der Waals surface area contributed by atoms with E-state index in [0.29, 0.717) is 6.54 Å². The molecule has 0 aliphatic carbocycles. The molecule has 4 nitrogen and oxygen atoms in total. The van der Waals surface area contributed by atoms with Crippen molar-refractivity contribution >= 4 is 0 Å². The summed E-state index contributed by atoms with van der Waals surface area (Å²) in [6.45, 7) is 2.50. The third-order valence-electron chi connectivity index (χ3n) is 2.54. The summed E-state index contributed by atoms with van der Waals surface area (Å²) in [5.74, 6) is 1.80. The Morgan fingerprint density at radius 1 is 1.20 bits per heavy atom. The first-order valence-corrected chi connectivity index (χ1v) is 4.87. The number of nitrogens with zero attached hydrogens (tertiary/aromatic N) is 3. The van der Waals surface area contributed by atoms with Crippen molar-refractivity contribution in [2.45, 2.75) is 13.5 Å². The van der Waals surface area contributed by atoms with Gasteiger partial charge in [0.2, 0.25) is 0 Å². The molecule has 78 valence electrons. The summed E-state index contributed by atoms with van der Waals surface area (Å²) < 4.78 is 1.97. The molecule has 2 rings (SSSR count). The fourth-order valence-corrected chi connectivity index (χ4v) is 1.45. The van der Waals surface area contributed by atoms with Gasteiger partial charge in [0.25, 0.3) is 0 Å². The summed E-state index contributed by atoms with van der Waals surface area (Å²) >= 11 is 0.